The zero-order valence-corrected chi connectivity index (χ0v) is 17.2. The summed E-state index contributed by atoms with van der Waals surface area (Å²) in [6.45, 7) is 5.84. The number of halogens is 3. The van der Waals surface area contributed by atoms with Crippen molar-refractivity contribution in [2.75, 3.05) is 32.7 Å². The molecule has 2 atom stereocenters. The van der Waals surface area contributed by atoms with Crippen molar-refractivity contribution >= 4 is 5.91 Å². The maximum atomic E-state index is 13.3. The monoisotopic (exact) mass is 416 g/mol. The fraction of sp³-hybridized carbons (Fsp3) is 0.458. The van der Waals surface area contributed by atoms with Crippen LogP contribution in [0.15, 0.2) is 48.5 Å². The van der Waals surface area contributed by atoms with Crippen LogP contribution in [0.3, 0.4) is 0 Å². The highest BCUT2D eigenvalue weighted by atomic mass is 19.4. The second-order valence-corrected chi connectivity index (χ2v) is 8.58. The lowest BCUT2D eigenvalue weighted by molar-refractivity contribution is -0.137. The third kappa shape index (κ3) is 4.53. The van der Waals surface area contributed by atoms with Crippen molar-refractivity contribution in [1.29, 1.82) is 0 Å². The predicted octanol–water partition coefficient (Wildman–Crippen LogP) is 4.97. The van der Waals surface area contributed by atoms with E-state index in [1.54, 1.807) is 6.07 Å². The minimum Gasteiger partial charge on any atom is -0.338 e. The van der Waals surface area contributed by atoms with Crippen molar-refractivity contribution in [3.8, 4) is 0 Å². The van der Waals surface area contributed by atoms with Crippen molar-refractivity contribution in [2.24, 2.45) is 5.92 Å². The van der Waals surface area contributed by atoms with E-state index in [4.69, 9.17) is 0 Å². The molecule has 0 saturated carbocycles. The molecule has 2 aromatic carbocycles. The lowest BCUT2D eigenvalue weighted by Gasteiger charge is -2.24. The number of carbonyl (C=O) groups is 1. The number of nitrogens with zero attached hydrogens (tertiary/aromatic N) is 2. The van der Waals surface area contributed by atoms with Crippen molar-refractivity contribution in [2.45, 2.75) is 31.9 Å². The Balaban J connectivity index is 1.60. The van der Waals surface area contributed by atoms with E-state index in [-0.39, 0.29) is 17.7 Å². The van der Waals surface area contributed by atoms with Gasteiger partial charge in [-0.1, -0.05) is 35.9 Å². The molecule has 2 aliphatic heterocycles. The van der Waals surface area contributed by atoms with Gasteiger partial charge < -0.3 is 9.80 Å². The highest BCUT2D eigenvalue weighted by Gasteiger charge is 2.39. The van der Waals surface area contributed by atoms with E-state index in [0.717, 1.165) is 44.1 Å². The number of carbonyl (C=O) groups excluding carboxylic acids is 1. The summed E-state index contributed by atoms with van der Waals surface area (Å²) in [4.78, 5) is 17.3. The number of likely N-dealkylation sites (tertiary alicyclic amines) is 2. The summed E-state index contributed by atoms with van der Waals surface area (Å²) in [6.07, 6.45) is -2.05. The molecule has 0 aliphatic carbocycles. The minimum absolute atomic E-state index is 0.0420. The fourth-order valence-electron chi connectivity index (χ4n) is 4.80. The molecule has 30 heavy (non-hydrogen) atoms. The van der Waals surface area contributed by atoms with Gasteiger partial charge in [0, 0.05) is 31.1 Å². The van der Waals surface area contributed by atoms with Crippen LogP contribution in [0.25, 0.3) is 0 Å². The summed E-state index contributed by atoms with van der Waals surface area (Å²) in [5.74, 6) is -0.0124. The third-order valence-electron chi connectivity index (χ3n) is 6.33. The first kappa shape index (κ1) is 20.9. The number of benzene rings is 2. The molecule has 2 heterocycles. The Morgan fingerprint density at radius 1 is 1.03 bits per heavy atom. The molecular formula is C24H27F3N2O. The number of alkyl halides is 3. The van der Waals surface area contributed by atoms with Crippen LogP contribution in [0.5, 0.6) is 0 Å². The molecule has 1 amide bonds. The van der Waals surface area contributed by atoms with Crippen LogP contribution in [0.2, 0.25) is 0 Å². The number of aryl methyl sites for hydroxylation is 1. The molecule has 0 spiro atoms. The smallest absolute Gasteiger partial charge is 0.338 e. The molecule has 3 nitrogen and oxygen atoms in total. The second-order valence-electron chi connectivity index (χ2n) is 8.58. The van der Waals surface area contributed by atoms with Gasteiger partial charge in [-0.05, 0) is 62.5 Å². The van der Waals surface area contributed by atoms with Gasteiger partial charge in [0.25, 0.3) is 5.91 Å². The van der Waals surface area contributed by atoms with Crippen LogP contribution in [0.4, 0.5) is 13.2 Å². The maximum absolute atomic E-state index is 13.3. The van der Waals surface area contributed by atoms with E-state index in [1.807, 2.05) is 36.1 Å². The fourth-order valence-corrected chi connectivity index (χ4v) is 4.80. The molecule has 2 aliphatic rings. The molecule has 160 valence electrons. The molecule has 6 heteroatoms. The highest BCUT2D eigenvalue weighted by molar-refractivity contribution is 5.94. The molecule has 0 bridgehead atoms. The first-order valence-electron chi connectivity index (χ1n) is 10.6. The van der Waals surface area contributed by atoms with Crippen LogP contribution >= 0.6 is 0 Å². The Kier molecular flexibility index (Phi) is 5.87. The third-order valence-corrected chi connectivity index (χ3v) is 6.33. The van der Waals surface area contributed by atoms with Crippen LogP contribution in [-0.4, -0.2) is 48.4 Å². The predicted molar refractivity (Wildman–Crippen MR) is 110 cm³/mol. The van der Waals surface area contributed by atoms with E-state index < -0.39 is 11.7 Å². The lowest BCUT2D eigenvalue weighted by Crippen LogP contribution is -2.32. The second kappa shape index (κ2) is 8.42. The largest absolute Gasteiger partial charge is 0.416 e. The van der Waals surface area contributed by atoms with Gasteiger partial charge in [-0.2, -0.15) is 13.2 Å². The van der Waals surface area contributed by atoms with Gasteiger partial charge in [-0.25, -0.2) is 0 Å². The van der Waals surface area contributed by atoms with Gasteiger partial charge in [-0.15, -0.1) is 0 Å². The quantitative estimate of drug-likeness (QED) is 0.703. The number of rotatable bonds is 4. The van der Waals surface area contributed by atoms with Gasteiger partial charge in [-0.3, -0.25) is 4.79 Å². The van der Waals surface area contributed by atoms with Crippen LogP contribution < -0.4 is 0 Å². The Hall–Kier alpha value is -2.34. The van der Waals surface area contributed by atoms with E-state index in [0.29, 0.717) is 24.2 Å². The van der Waals surface area contributed by atoms with E-state index in [1.165, 1.54) is 12.1 Å². The SMILES string of the molecule is Cc1cccc(C(=O)N2C[C@@H](CN3CCCC3)[C@@H](c3cccc(C(F)(F)F)c3)C2)c1. The van der Waals surface area contributed by atoms with Crippen LogP contribution in [0, 0.1) is 12.8 Å². The Morgan fingerprint density at radius 2 is 1.77 bits per heavy atom. The number of amides is 1. The summed E-state index contributed by atoms with van der Waals surface area (Å²) < 4.78 is 39.8. The summed E-state index contributed by atoms with van der Waals surface area (Å²) in [7, 11) is 0. The molecule has 2 fully saturated rings. The Labute approximate surface area is 175 Å². The molecule has 4 rings (SSSR count). The van der Waals surface area contributed by atoms with Crippen molar-refractivity contribution in [3.63, 3.8) is 0 Å². The average Bonchev–Trinajstić information content (AvgIpc) is 3.37. The van der Waals surface area contributed by atoms with E-state index >= 15 is 0 Å². The molecule has 0 aromatic heterocycles. The van der Waals surface area contributed by atoms with Crippen LogP contribution in [-0.2, 0) is 6.18 Å². The number of hydrogen-bond donors (Lipinski definition) is 0. The highest BCUT2D eigenvalue weighted by Crippen LogP contribution is 2.37. The average molecular weight is 416 g/mol. The van der Waals surface area contributed by atoms with Crippen molar-refractivity contribution < 1.29 is 18.0 Å². The van der Waals surface area contributed by atoms with Crippen molar-refractivity contribution in [3.05, 3.63) is 70.8 Å². The first-order valence-corrected chi connectivity index (χ1v) is 10.6. The summed E-state index contributed by atoms with van der Waals surface area (Å²) in [5, 5.41) is 0. The zero-order chi connectivity index (χ0) is 21.3. The first-order chi connectivity index (χ1) is 14.3. The van der Waals surface area contributed by atoms with Gasteiger partial charge in [0.05, 0.1) is 5.56 Å². The summed E-state index contributed by atoms with van der Waals surface area (Å²) >= 11 is 0. The van der Waals surface area contributed by atoms with E-state index in [9.17, 15) is 18.0 Å². The summed E-state index contributed by atoms with van der Waals surface area (Å²) in [6, 6.07) is 13.1. The normalized spacial score (nSPS) is 22.6. The molecule has 2 saturated heterocycles. The molecule has 0 unspecified atom stereocenters. The standard InChI is InChI=1S/C24H27F3N2O/c1-17-6-4-8-19(12-17)23(30)29-15-20(14-28-10-2-3-11-28)22(16-29)18-7-5-9-21(13-18)24(25,26)27/h4-9,12-13,20,22H,2-3,10-11,14-16H2,1H3/t20-,22-/m1/s1. The summed E-state index contributed by atoms with van der Waals surface area (Å²) in [5.41, 5.74) is 1.71. The zero-order valence-electron chi connectivity index (χ0n) is 17.2. The molecule has 0 N–H and O–H groups in total. The molecule has 2 aromatic rings. The van der Waals surface area contributed by atoms with Crippen LogP contribution in [0.1, 0.15) is 45.8 Å². The minimum atomic E-state index is -4.36. The Morgan fingerprint density at radius 3 is 2.47 bits per heavy atom. The maximum Gasteiger partial charge on any atom is 0.416 e. The van der Waals surface area contributed by atoms with Crippen molar-refractivity contribution in [1.82, 2.24) is 9.80 Å². The molecule has 0 radical (unpaired) electrons. The van der Waals surface area contributed by atoms with Gasteiger partial charge in [0.15, 0.2) is 0 Å². The number of hydrogen-bond acceptors (Lipinski definition) is 2. The van der Waals surface area contributed by atoms with Gasteiger partial charge in [0.2, 0.25) is 0 Å². The van der Waals surface area contributed by atoms with Gasteiger partial charge >= 0.3 is 6.18 Å². The van der Waals surface area contributed by atoms with E-state index in [2.05, 4.69) is 4.90 Å². The Bertz CT molecular complexity index is 905. The topological polar surface area (TPSA) is 23.6 Å². The van der Waals surface area contributed by atoms with Gasteiger partial charge in [0.1, 0.15) is 0 Å². The lowest BCUT2D eigenvalue weighted by atomic mass is 9.87. The molecular weight excluding hydrogens is 389 g/mol.